The molecule has 1 atom stereocenters. The second-order valence-electron chi connectivity index (χ2n) is 5.73. The van der Waals surface area contributed by atoms with Gasteiger partial charge >= 0.3 is 0 Å². The third kappa shape index (κ3) is 3.61. The lowest BCUT2D eigenvalue weighted by atomic mass is 10.2. The van der Waals surface area contributed by atoms with Crippen LogP contribution in [0.5, 0.6) is 0 Å². The zero-order valence-corrected chi connectivity index (χ0v) is 12.6. The number of aliphatic imine (C=N–C) groups is 1. The van der Waals surface area contributed by atoms with Crippen molar-refractivity contribution >= 4 is 25.1 Å². The quantitative estimate of drug-likeness (QED) is 0.709. The van der Waals surface area contributed by atoms with Crippen LogP contribution in [0.4, 0.5) is 0 Å². The van der Waals surface area contributed by atoms with Crippen molar-refractivity contribution in [1.29, 1.82) is 0 Å². The van der Waals surface area contributed by atoms with E-state index in [1.807, 2.05) is 11.8 Å². The van der Waals surface area contributed by atoms with E-state index in [2.05, 4.69) is 45.8 Å². The molecule has 1 unspecified atom stereocenters. The average Bonchev–Trinajstić information content (AvgIpc) is 2.46. The van der Waals surface area contributed by atoms with Gasteiger partial charge in [0.05, 0.1) is 17.7 Å². The van der Waals surface area contributed by atoms with E-state index in [0.717, 1.165) is 12.4 Å². The second kappa shape index (κ2) is 4.59. The smallest absolute Gasteiger partial charge is 0.192 e. The molecule has 4 heteroatoms. The maximum atomic E-state index is 6.11. The SMILES string of the molecule is CC1CSC(CO[Si](C)(C)C(C)(C)C)=N1. The molecular formula is C11H23NOSSi. The maximum absolute atomic E-state index is 6.11. The number of nitrogens with zero attached hydrogens (tertiary/aromatic N) is 1. The molecule has 0 aromatic carbocycles. The Bertz CT molecular complexity index is 258. The molecule has 0 saturated heterocycles. The van der Waals surface area contributed by atoms with Gasteiger partial charge < -0.3 is 4.43 Å². The number of hydrogen-bond donors (Lipinski definition) is 0. The molecule has 2 nitrogen and oxygen atoms in total. The van der Waals surface area contributed by atoms with Crippen LogP contribution in [-0.2, 0) is 4.43 Å². The number of rotatable bonds is 3. The van der Waals surface area contributed by atoms with Crippen LogP contribution in [0.25, 0.3) is 0 Å². The summed E-state index contributed by atoms with van der Waals surface area (Å²) in [5.41, 5.74) is 0. The van der Waals surface area contributed by atoms with Gasteiger partial charge in [-0.2, -0.15) is 0 Å². The molecule has 0 bridgehead atoms. The Morgan fingerprint density at radius 1 is 1.47 bits per heavy atom. The van der Waals surface area contributed by atoms with Crippen molar-refractivity contribution in [2.75, 3.05) is 12.4 Å². The fraction of sp³-hybridized carbons (Fsp3) is 0.909. The fourth-order valence-electron chi connectivity index (χ4n) is 1.07. The normalized spacial score (nSPS) is 23.1. The summed E-state index contributed by atoms with van der Waals surface area (Å²) >= 11 is 1.85. The Hall–Kier alpha value is 0.197. The molecule has 0 saturated carbocycles. The van der Waals surface area contributed by atoms with Gasteiger partial charge in [0.2, 0.25) is 0 Å². The topological polar surface area (TPSA) is 21.6 Å². The van der Waals surface area contributed by atoms with Crippen LogP contribution in [0.3, 0.4) is 0 Å². The zero-order valence-electron chi connectivity index (χ0n) is 10.8. The largest absolute Gasteiger partial charge is 0.410 e. The Morgan fingerprint density at radius 2 is 2.07 bits per heavy atom. The molecule has 15 heavy (non-hydrogen) atoms. The van der Waals surface area contributed by atoms with Crippen molar-refractivity contribution in [3.63, 3.8) is 0 Å². The van der Waals surface area contributed by atoms with Gasteiger partial charge in [-0.05, 0) is 25.1 Å². The Labute approximate surface area is 99.0 Å². The number of hydrogen-bond acceptors (Lipinski definition) is 3. The first kappa shape index (κ1) is 13.3. The van der Waals surface area contributed by atoms with Gasteiger partial charge in [0, 0.05) is 5.75 Å². The summed E-state index contributed by atoms with van der Waals surface area (Å²) in [6.07, 6.45) is 0. The van der Waals surface area contributed by atoms with Gasteiger partial charge in [0.15, 0.2) is 8.32 Å². The van der Waals surface area contributed by atoms with E-state index < -0.39 is 8.32 Å². The molecule has 0 spiro atoms. The minimum atomic E-state index is -1.59. The molecule has 88 valence electrons. The first-order valence-corrected chi connectivity index (χ1v) is 9.45. The van der Waals surface area contributed by atoms with Gasteiger partial charge in [-0.15, -0.1) is 11.8 Å². The maximum Gasteiger partial charge on any atom is 0.192 e. The molecule has 0 N–H and O–H groups in total. The summed E-state index contributed by atoms with van der Waals surface area (Å²) < 4.78 is 6.11. The minimum absolute atomic E-state index is 0.294. The third-order valence-electron chi connectivity index (χ3n) is 3.22. The van der Waals surface area contributed by atoms with Gasteiger partial charge in [0.1, 0.15) is 0 Å². The fourth-order valence-corrected chi connectivity index (χ4v) is 3.01. The molecule has 0 aromatic rings. The first-order chi connectivity index (χ1) is 6.72. The highest BCUT2D eigenvalue weighted by Gasteiger charge is 2.37. The van der Waals surface area contributed by atoms with Crippen molar-refractivity contribution in [2.24, 2.45) is 4.99 Å². The van der Waals surface area contributed by atoms with Gasteiger partial charge in [-0.3, -0.25) is 4.99 Å². The van der Waals surface area contributed by atoms with E-state index in [1.54, 1.807) is 0 Å². The van der Waals surface area contributed by atoms with Crippen LogP contribution in [0.15, 0.2) is 4.99 Å². The van der Waals surface area contributed by atoms with Gasteiger partial charge in [0.25, 0.3) is 0 Å². The summed E-state index contributed by atoms with van der Waals surface area (Å²) in [4.78, 5) is 4.55. The molecule has 1 aliphatic rings. The lowest BCUT2D eigenvalue weighted by Crippen LogP contribution is -2.41. The average molecular weight is 245 g/mol. The summed E-state index contributed by atoms with van der Waals surface area (Å²) in [5.74, 6) is 1.12. The first-order valence-electron chi connectivity index (χ1n) is 5.56. The second-order valence-corrected chi connectivity index (χ2v) is 11.6. The summed E-state index contributed by atoms with van der Waals surface area (Å²) in [5, 5.41) is 1.48. The highest BCUT2D eigenvalue weighted by Crippen LogP contribution is 2.36. The van der Waals surface area contributed by atoms with E-state index in [4.69, 9.17) is 4.43 Å². The van der Waals surface area contributed by atoms with Crippen molar-refractivity contribution in [2.45, 2.75) is 51.9 Å². The number of thioether (sulfide) groups is 1. The van der Waals surface area contributed by atoms with Crippen LogP contribution in [0.1, 0.15) is 27.7 Å². The molecule has 1 rings (SSSR count). The molecule has 1 heterocycles. The van der Waals surface area contributed by atoms with Crippen LogP contribution in [0, 0.1) is 0 Å². The van der Waals surface area contributed by atoms with Crippen LogP contribution >= 0.6 is 11.8 Å². The van der Waals surface area contributed by atoms with Crippen molar-refractivity contribution in [1.82, 2.24) is 0 Å². The van der Waals surface area contributed by atoms with Crippen LogP contribution in [-0.4, -0.2) is 31.8 Å². The van der Waals surface area contributed by atoms with Crippen LogP contribution in [0.2, 0.25) is 18.1 Å². The van der Waals surface area contributed by atoms with Gasteiger partial charge in [-0.25, -0.2) is 0 Å². The van der Waals surface area contributed by atoms with E-state index in [0.29, 0.717) is 11.1 Å². The van der Waals surface area contributed by atoms with Gasteiger partial charge in [-0.1, -0.05) is 20.8 Å². The van der Waals surface area contributed by atoms with Crippen molar-refractivity contribution in [3.8, 4) is 0 Å². The summed E-state index contributed by atoms with van der Waals surface area (Å²) in [6, 6.07) is 0.480. The lowest BCUT2D eigenvalue weighted by molar-refractivity contribution is 0.342. The highest BCUT2D eigenvalue weighted by atomic mass is 32.2. The molecule has 0 fully saturated rings. The molecular weight excluding hydrogens is 222 g/mol. The summed E-state index contributed by atoms with van der Waals surface area (Å²) in [7, 11) is -1.59. The van der Waals surface area contributed by atoms with E-state index >= 15 is 0 Å². The van der Waals surface area contributed by atoms with E-state index in [9.17, 15) is 0 Å². The Kier molecular flexibility index (Phi) is 4.06. The standard InChI is InChI=1S/C11H23NOSSi/c1-9-8-14-10(12-9)7-13-15(5,6)11(2,3)4/h9H,7-8H2,1-6H3. The highest BCUT2D eigenvalue weighted by molar-refractivity contribution is 8.14. The van der Waals surface area contributed by atoms with E-state index in [-0.39, 0.29) is 0 Å². The monoisotopic (exact) mass is 245 g/mol. The Balaban J connectivity index is 2.47. The third-order valence-corrected chi connectivity index (χ3v) is 8.90. The van der Waals surface area contributed by atoms with Crippen molar-refractivity contribution in [3.05, 3.63) is 0 Å². The minimum Gasteiger partial charge on any atom is -0.410 e. The predicted molar refractivity (Wildman–Crippen MR) is 72.5 cm³/mol. The summed E-state index contributed by atoms with van der Waals surface area (Å²) in [6.45, 7) is 14.3. The Morgan fingerprint density at radius 3 is 2.47 bits per heavy atom. The molecule has 0 amide bonds. The van der Waals surface area contributed by atoms with Crippen molar-refractivity contribution < 1.29 is 4.43 Å². The van der Waals surface area contributed by atoms with Crippen LogP contribution < -0.4 is 0 Å². The molecule has 0 radical (unpaired) electrons. The predicted octanol–water partition coefficient (Wildman–Crippen LogP) is 3.54. The molecule has 1 aliphatic heterocycles. The zero-order chi connectivity index (χ0) is 11.7. The molecule has 0 aliphatic carbocycles. The lowest BCUT2D eigenvalue weighted by Gasteiger charge is -2.36. The molecule has 0 aromatic heterocycles. The van der Waals surface area contributed by atoms with E-state index in [1.165, 1.54) is 5.04 Å².